The van der Waals surface area contributed by atoms with E-state index in [-0.39, 0.29) is 0 Å². The number of hydrogen-bond acceptors (Lipinski definition) is 2. The highest BCUT2D eigenvalue weighted by Crippen LogP contribution is 2.37. The predicted molar refractivity (Wildman–Crippen MR) is 75.6 cm³/mol. The molecule has 0 unspecified atom stereocenters. The lowest BCUT2D eigenvalue weighted by Crippen LogP contribution is -1.93. The first-order valence-corrected chi connectivity index (χ1v) is 6.37. The third-order valence-electron chi connectivity index (χ3n) is 3.31. The summed E-state index contributed by atoms with van der Waals surface area (Å²) in [6.45, 7) is 1.01. The second-order valence-electron chi connectivity index (χ2n) is 4.37. The van der Waals surface area contributed by atoms with Crippen LogP contribution in [0.2, 0.25) is 5.02 Å². The van der Waals surface area contributed by atoms with E-state index in [1.807, 2.05) is 18.2 Å². The summed E-state index contributed by atoms with van der Waals surface area (Å²) in [5, 5.41) is 4.08. The summed E-state index contributed by atoms with van der Waals surface area (Å²) in [7, 11) is 1.63. The average molecular weight is 260 g/mol. The average Bonchev–Trinajstić information content (AvgIpc) is 2.86. The van der Waals surface area contributed by atoms with Crippen molar-refractivity contribution >= 4 is 17.3 Å². The fraction of sp³-hybridized carbons (Fsp3) is 0.200. The van der Waals surface area contributed by atoms with Gasteiger partial charge in [-0.2, -0.15) is 0 Å². The molecule has 0 radical (unpaired) electrons. The van der Waals surface area contributed by atoms with Gasteiger partial charge >= 0.3 is 0 Å². The van der Waals surface area contributed by atoms with Gasteiger partial charge in [-0.1, -0.05) is 35.9 Å². The van der Waals surface area contributed by atoms with Crippen molar-refractivity contribution in [2.75, 3.05) is 19.0 Å². The molecule has 18 heavy (non-hydrogen) atoms. The van der Waals surface area contributed by atoms with E-state index in [9.17, 15) is 0 Å². The fourth-order valence-electron chi connectivity index (χ4n) is 2.41. The lowest BCUT2D eigenvalue weighted by Gasteiger charge is -2.10. The standard InChI is InChI=1S/C15H14ClNO/c1-18-14-6-5-11(9-13(14)16)12-4-2-3-10-7-8-17-15(10)12/h2-6,9,17H,7-8H2,1H3. The number of anilines is 1. The Morgan fingerprint density at radius 1 is 1.22 bits per heavy atom. The van der Waals surface area contributed by atoms with Crippen molar-refractivity contribution in [3.05, 3.63) is 47.0 Å². The van der Waals surface area contributed by atoms with Gasteiger partial charge in [0.2, 0.25) is 0 Å². The second-order valence-corrected chi connectivity index (χ2v) is 4.77. The third-order valence-corrected chi connectivity index (χ3v) is 3.61. The molecule has 1 aliphatic rings. The highest BCUT2D eigenvalue weighted by molar-refractivity contribution is 6.32. The summed E-state index contributed by atoms with van der Waals surface area (Å²) in [6.07, 6.45) is 1.09. The molecule has 0 amide bonds. The number of rotatable bonds is 2. The molecule has 0 aromatic heterocycles. The van der Waals surface area contributed by atoms with Gasteiger partial charge in [-0.05, 0) is 29.7 Å². The van der Waals surface area contributed by atoms with E-state index < -0.39 is 0 Å². The van der Waals surface area contributed by atoms with Crippen molar-refractivity contribution in [1.29, 1.82) is 0 Å². The summed E-state index contributed by atoms with van der Waals surface area (Å²) >= 11 is 6.18. The van der Waals surface area contributed by atoms with Crippen LogP contribution >= 0.6 is 11.6 Å². The largest absolute Gasteiger partial charge is 0.495 e. The zero-order chi connectivity index (χ0) is 12.5. The van der Waals surface area contributed by atoms with Crippen LogP contribution in [0.15, 0.2) is 36.4 Å². The molecule has 0 saturated heterocycles. The number of fused-ring (bicyclic) bond motifs is 1. The van der Waals surface area contributed by atoms with Crippen molar-refractivity contribution in [3.63, 3.8) is 0 Å². The molecule has 2 aromatic rings. The van der Waals surface area contributed by atoms with Crippen LogP contribution in [0, 0.1) is 0 Å². The summed E-state index contributed by atoms with van der Waals surface area (Å²) in [5.41, 5.74) is 4.93. The number of methoxy groups -OCH3 is 1. The molecule has 2 nitrogen and oxygen atoms in total. The van der Waals surface area contributed by atoms with Crippen molar-refractivity contribution in [2.24, 2.45) is 0 Å². The van der Waals surface area contributed by atoms with Gasteiger partial charge in [0.05, 0.1) is 12.1 Å². The molecule has 3 rings (SSSR count). The summed E-state index contributed by atoms with van der Waals surface area (Å²) in [6, 6.07) is 12.3. The van der Waals surface area contributed by atoms with Crippen LogP contribution in [0.4, 0.5) is 5.69 Å². The SMILES string of the molecule is COc1ccc(-c2cccc3c2NCC3)cc1Cl. The van der Waals surface area contributed by atoms with Crippen LogP contribution in [0.3, 0.4) is 0 Å². The maximum atomic E-state index is 6.18. The first-order chi connectivity index (χ1) is 8.79. The van der Waals surface area contributed by atoms with Crippen molar-refractivity contribution < 1.29 is 4.74 Å². The Kier molecular flexibility index (Phi) is 2.88. The Balaban J connectivity index is 2.10. The minimum atomic E-state index is 0.644. The van der Waals surface area contributed by atoms with Gasteiger partial charge in [0, 0.05) is 17.8 Å². The number of halogens is 1. The normalized spacial score (nSPS) is 13.0. The van der Waals surface area contributed by atoms with E-state index in [2.05, 4.69) is 23.5 Å². The zero-order valence-corrected chi connectivity index (χ0v) is 10.9. The molecule has 3 heteroatoms. The molecule has 0 fully saturated rings. The quantitative estimate of drug-likeness (QED) is 0.881. The van der Waals surface area contributed by atoms with E-state index in [0.29, 0.717) is 10.8 Å². The van der Waals surface area contributed by atoms with E-state index >= 15 is 0 Å². The topological polar surface area (TPSA) is 21.3 Å². The first kappa shape index (κ1) is 11.4. The molecule has 0 saturated carbocycles. The van der Waals surface area contributed by atoms with Gasteiger partial charge in [0.15, 0.2) is 0 Å². The van der Waals surface area contributed by atoms with Gasteiger partial charge in [0.25, 0.3) is 0 Å². The van der Waals surface area contributed by atoms with Crippen molar-refractivity contribution in [2.45, 2.75) is 6.42 Å². The lowest BCUT2D eigenvalue weighted by molar-refractivity contribution is 0.415. The number of hydrogen-bond donors (Lipinski definition) is 1. The van der Waals surface area contributed by atoms with Crippen LogP contribution in [0.1, 0.15) is 5.56 Å². The van der Waals surface area contributed by atoms with Crippen molar-refractivity contribution in [1.82, 2.24) is 0 Å². The van der Waals surface area contributed by atoms with Crippen LogP contribution in [0.25, 0.3) is 11.1 Å². The second kappa shape index (κ2) is 4.54. The third kappa shape index (κ3) is 1.83. The van der Waals surface area contributed by atoms with Crippen LogP contribution < -0.4 is 10.1 Å². The minimum absolute atomic E-state index is 0.644. The zero-order valence-electron chi connectivity index (χ0n) is 10.2. The van der Waals surface area contributed by atoms with E-state index in [1.165, 1.54) is 16.8 Å². The van der Waals surface area contributed by atoms with E-state index in [4.69, 9.17) is 16.3 Å². The molecular formula is C15H14ClNO. The van der Waals surface area contributed by atoms with E-state index in [1.54, 1.807) is 7.11 Å². The highest BCUT2D eigenvalue weighted by atomic mass is 35.5. The van der Waals surface area contributed by atoms with Gasteiger partial charge in [-0.3, -0.25) is 0 Å². The molecule has 0 spiro atoms. The Morgan fingerprint density at radius 2 is 2.11 bits per heavy atom. The molecule has 1 heterocycles. The first-order valence-electron chi connectivity index (χ1n) is 5.99. The summed E-state index contributed by atoms with van der Waals surface area (Å²) < 4.78 is 5.18. The Morgan fingerprint density at radius 3 is 2.89 bits per heavy atom. The Hall–Kier alpha value is -1.67. The van der Waals surface area contributed by atoms with Gasteiger partial charge < -0.3 is 10.1 Å². The number of nitrogens with one attached hydrogen (secondary N) is 1. The van der Waals surface area contributed by atoms with Gasteiger partial charge in [-0.15, -0.1) is 0 Å². The molecular weight excluding hydrogens is 246 g/mol. The Bertz CT molecular complexity index is 595. The van der Waals surface area contributed by atoms with Crippen LogP contribution in [-0.2, 0) is 6.42 Å². The van der Waals surface area contributed by atoms with Gasteiger partial charge in [-0.25, -0.2) is 0 Å². The van der Waals surface area contributed by atoms with Gasteiger partial charge in [0.1, 0.15) is 5.75 Å². The molecule has 0 bridgehead atoms. The molecule has 2 aromatic carbocycles. The molecule has 1 aliphatic heterocycles. The molecule has 0 aliphatic carbocycles. The smallest absolute Gasteiger partial charge is 0.137 e. The molecule has 0 atom stereocenters. The predicted octanol–water partition coefficient (Wildman–Crippen LogP) is 3.98. The monoisotopic (exact) mass is 259 g/mol. The maximum absolute atomic E-state index is 6.18. The number of benzene rings is 2. The van der Waals surface area contributed by atoms with Crippen LogP contribution in [-0.4, -0.2) is 13.7 Å². The van der Waals surface area contributed by atoms with E-state index in [0.717, 1.165) is 18.5 Å². The summed E-state index contributed by atoms with van der Waals surface area (Å²) in [5.74, 6) is 0.709. The van der Waals surface area contributed by atoms with Crippen molar-refractivity contribution in [3.8, 4) is 16.9 Å². The highest BCUT2D eigenvalue weighted by Gasteiger charge is 2.15. The fourth-order valence-corrected chi connectivity index (χ4v) is 2.67. The lowest BCUT2D eigenvalue weighted by atomic mass is 10.0. The minimum Gasteiger partial charge on any atom is -0.495 e. The Labute approximate surface area is 112 Å². The number of para-hydroxylation sites is 1. The van der Waals surface area contributed by atoms with Crippen LogP contribution in [0.5, 0.6) is 5.75 Å². The number of ether oxygens (including phenoxy) is 1. The molecule has 1 N–H and O–H groups in total. The maximum Gasteiger partial charge on any atom is 0.137 e. The summed E-state index contributed by atoms with van der Waals surface area (Å²) in [4.78, 5) is 0. The molecule has 92 valence electrons.